The third kappa shape index (κ3) is 4.14. The molecule has 1 unspecified atom stereocenters. The number of alkyl halides is 1. The molecular weight excluding hydrogens is 215 g/mol. The molecule has 16 heavy (non-hydrogen) atoms. The topological polar surface area (TPSA) is 67.4 Å². The molecule has 2 amide bonds. The lowest BCUT2D eigenvalue weighted by molar-refractivity contribution is -0.122. The van der Waals surface area contributed by atoms with Gasteiger partial charge in [0.15, 0.2) is 0 Å². The van der Waals surface area contributed by atoms with Gasteiger partial charge in [0.1, 0.15) is 11.8 Å². The van der Waals surface area contributed by atoms with Gasteiger partial charge in [-0.3, -0.25) is 10.1 Å². The van der Waals surface area contributed by atoms with Crippen molar-refractivity contribution in [3.8, 4) is 0 Å². The molecule has 1 aliphatic rings. The largest absolute Gasteiger partial charge is 0.444 e. The Morgan fingerprint density at radius 1 is 1.44 bits per heavy atom. The Bertz CT molecular complexity index is 288. The van der Waals surface area contributed by atoms with Gasteiger partial charge in [0.25, 0.3) is 0 Å². The summed E-state index contributed by atoms with van der Waals surface area (Å²) in [6, 6.07) is -0.650. The molecule has 6 heteroatoms. The second kappa shape index (κ2) is 4.78. The number of ether oxygens (including phenoxy) is 1. The summed E-state index contributed by atoms with van der Waals surface area (Å²) in [4.78, 5) is 22.7. The molecule has 0 saturated carbocycles. The summed E-state index contributed by atoms with van der Waals surface area (Å²) in [5, 5.41) is 4.75. The van der Waals surface area contributed by atoms with Crippen LogP contribution in [-0.4, -0.2) is 36.4 Å². The van der Waals surface area contributed by atoms with Gasteiger partial charge in [0.05, 0.1) is 6.04 Å². The van der Waals surface area contributed by atoms with E-state index >= 15 is 0 Å². The zero-order valence-electron chi connectivity index (χ0n) is 9.67. The number of rotatable bonds is 1. The van der Waals surface area contributed by atoms with E-state index in [1.54, 1.807) is 20.8 Å². The minimum Gasteiger partial charge on any atom is -0.444 e. The van der Waals surface area contributed by atoms with Gasteiger partial charge >= 0.3 is 6.09 Å². The van der Waals surface area contributed by atoms with Crippen LogP contribution in [0.5, 0.6) is 0 Å². The van der Waals surface area contributed by atoms with Gasteiger partial charge < -0.3 is 10.1 Å². The van der Waals surface area contributed by atoms with Crippen molar-refractivity contribution in [1.82, 2.24) is 10.6 Å². The van der Waals surface area contributed by atoms with Crippen LogP contribution in [0.25, 0.3) is 0 Å². The van der Waals surface area contributed by atoms with E-state index in [1.807, 2.05) is 0 Å². The quantitative estimate of drug-likeness (QED) is 0.699. The highest BCUT2D eigenvalue weighted by Crippen LogP contribution is 2.10. The number of halogens is 1. The summed E-state index contributed by atoms with van der Waals surface area (Å²) < 4.78 is 17.7. The summed E-state index contributed by atoms with van der Waals surface area (Å²) in [6.07, 6.45) is -1.75. The molecule has 2 atom stereocenters. The number of carbonyl (C=O) groups excluding carboxylic acids is 2. The van der Waals surface area contributed by atoms with Gasteiger partial charge in [-0.05, 0) is 20.8 Å². The van der Waals surface area contributed by atoms with Crippen molar-refractivity contribution in [1.29, 1.82) is 0 Å². The lowest BCUT2D eigenvalue weighted by Gasteiger charge is -2.20. The van der Waals surface area contributed by atoms with Crippen molar-refractivity contribution >= 4 is 12.0 Å². The molecule has 1 rings (SSSR count). The van der Waals surface area contributed by atoms with E-state index in [1.165, 1.54) is 0 Å². The molecule has 0 aliphatic carbocycles. The Hall–Kier alpha value is -1.17. The van der Waals surface area contributed by atoms with E-state index in [0.29, 0.717) is 0 Å². The second-order valence-corrected chi connectivity index (χ2v) is 4.78. The van der Waals surface area contributed by atoms with Crippen molar-refractivity contribution in [2.45, 2.75) is 45.0 Å². The maximum Gasteiger partial charge on any atom is 0.414 e. The fraction of sp³-hybridized carbons (Fsp3) is 0.800. The second-order valence-electron chi connectivity index (χ2n) is 4.78. The maximum absolute atomic E-state index is 12.8. The summed E-state index contributed by atoms with van der Waals surface area (Å²) in [7, 11) is 0. The highest BCUT2D eigenvalue weighted by molar-refractivity contribution is 5.95. The summed E-state index contributed by atoms with van der Waals surface area (Å²) >= 11 is 0. The first-order valence-corrected chi connectivity index (χ1v) is 5.19. The van der Waals surface area contributed by atoms with Crippen LogP contribution in [0.3, 0.4) is 0 Å². The smallest absolute Gasteiger partial charge is 0.414 e. The van der Waals surface area contributed by atoms with Crippen molar-refractivity contribution in [3.63, 3.8) is 0 Å². The predicted molar refractivity (Wildman–Crippen MR) is 55.7 cm³/mol. The van der Waals surface area contributed by atoms with Crippen LogP contribution in [0.2, 0.25) is 0 Å². The van der Waals surface area contributed by atoms with Crippen LogP contribution in [0.1, 0.15) is 27.2 Å². The third-order valence-corrected chi connectivity index (χ3v) is 2.02. The number of amides is 2. The van der Waals surface area contributed by atoms with Crippen LogP contribution >= 0.6 is 0 Å². The third-order valence-electron chi connectivity index (χ3n) is 2.02. The fourth-order valence-corrected chi connectivity index (χ4v) is 1.38. The number of nitrogens with one attached hydrogen (secondary N) is 2. The molecule has 1 aliphatic heterocycles. The molecule has 0 aromatic rings. The zero-order chi connectivity index (χ0) is 12.3. The molecule has 92 valence electrons. The van der Waals surface area contributed by atoms with Crippen LogP contribution in [0.4, 0.5) is 9.18 Å². The molecule has 0 spiro atoms. The fourth-order valence-electron chi connectivity index (χ4n) is 1.38. The summed E-state index contributed by atoms with van der Waals surface area (Å²) in [5.74, 6) is -0.547. The first kappa shape index (κ1) is 12.9. The van der Waals surface area contributed by atoms with E-state index in [-0.39, 0.29) is 13.0 Å². The molecule has 1 saturated heterocycles. The van der Waals surface area contributed by atoms with Crippen LogP contribution in [0, 0.1) is 0 Å². The Balaban J connectivity index is 2.37. The number of imide groups is 1. The van der Waals surface area contributed by atoms with Gasteiger partial charge in [0, 0.05) is 13.0 Å². The molecular formula is C10H17FN2O3. The lowest BCUT2D eigenvalue weighted by atomic mass is 10.2. The molecule has 2 N–H and O–H groups in total. The molecule has 0 bridgehead atoms. The molecule has 5 nitrogen and oxygen atoms in total. The van der Waals surface area contributed by atoms with Crippen molar-refractivity contribution in [3.05, 3.63) is 0 Å². The van der Waals surface area contributed by atoms with Gasteiger partial charge in [-0.2, -0.15) is 0 Å². The minimum atomic E-state index is -1.03. The monoisotopic (exact) mass is 232 g/mol. The van der Waals surface area contributed by atoms with Gasteiger partial charge in [-0.1, -0.05) is 0 Å². The molecule has 0 aromatic heterocycles. The summed E-state index contributed by atoms with van der Waals surface area (Å²) in [6.45, 7) is 5.24. The molecule has 0 aromatic carbocycles. The molecule has 0 radical (unpaired) electrons. The van der Waals surface area contributed by atoms with E-state index in [0.717, 1.165) is 0 Å². The van der Waals surface area contributed by atoms with Crippen molar-refractivity contribution in [2.75, 3.05) is 6.54 Å². The average molecular weight is 232 g/mol. The van der Waals surface area contributed by atoms with Crippen molar-refractivity contribution in [2.24, 2.45) is 0 Å². The first-order valence-electron chi connectivity index (χ1n) is 5.19. The Labute approximate surface area is 93.7 Å². The minimum absolute atomic E-state index is 0.0919. The van der Waals surface area contributed by atoms with E-state index < -0.39 is 29.8 Å². The van der Waals surface area contributed by atoms with Crippen LogP contribution in [0.15, 0.2) is 0 Å². The number of hydrogen-bond acceptors (Lipinski definition) is 4. The predicted octanol–water partition coefficient (Wildman–Crippen LogP) is 0.738. The average Bonchev–Trinajstić information content (AvgIpc) is 2.47. The Kier molecular flexibility index (Phi) is 3.85. The SMILES string of the molecule is CC(C)(C)OC(=O)NC(=O)[C@@H]1CC(F)CN1. The van der Waals surface area contributed by atoms with Gasteiger partial charge in [0.2, 0.25) is 5.91 Å². The normalized spacial score (nSPS) is 25.2. The first-order chi connectivity index (χ1) is 7.28. The number of hydrogen-bond donors (Lipinski definition) is 2. The van der Waals surface area contributed by atoms with Gasteiger partial charge in [-0.25, -0.2) is 9.18 Å². The molecule has 1 heterocycles. The van der Waals surface area contributed by atoms with E-state index in [4.69, 9.17) is 4.74 Å². The van der Waals surface area contributed by atoms with Gasteiger partial charge in [-0.15, -0.1) is 0 Å². The number of carbonyl (C=O) groups is 2. The number of alkyl carbamates (subject to hydrolysis) is 1. The highest BCUT2D eigenvalue weighted by atomic mass is 19.1. The standard InChI is InChI=1S/C10H17FN2O3/c1-10(2,3)16-9(15)13-8(14)7-4-6(11)5-12-7/h6-7,12H,4-5H2,1-3H3,(H,13,14,15)/t6?,7-/m0/s1. The van der Waals surface area contributed by atoms with Crippen molar-refractivity contribution < 1.29 is 18.7 Å². The maximum atomic E-state index is 12.8. The van der Waals surface area contributed by atoms with Crippen LogP contribution < -0.4 is 10.6 Å². The lowest BCUT2D eigenvalue weighted by Crippen LogP contribution is -2.45. The van der Waals surface area contributed by atoms with E-state index in [2.05, 4.69) is 10.6 Å². The Morgan fingerprint density at radius 2 is 2.06 bits per heavy atom. The highest BCUT2D eigenvalue weighted by Gasteiger charge is 2.30. The zero-order valence-corrected chi connectivity index (χ0v) is 9.67. The molecule has 1 fully saturated rings. The van der Waals surface area contributed by atoms with Crippen LogP contribution in [-0.2, 0) is 9.53 Å². The Morgan fingerprint density at radius 3 is 2.50 bits per heavy atom. The van der Waals surface area contributed by atoms with E-state index in [9.17, 15) is 14.0 Å². The summed E-state index contributed by atoms with van der Waals surface area (Å²) in [5.41, 5.74) is -0.657.